The minimum Gasteiger partial charge on any atom is -0.507 e. The van der Waals surface area contributed by atoms with Gasteiger partial charge in [-0.2, -0.15) is 0 Å². The fourth-order valence-corrected chi connectivity index (χ4v) is 3.31. The van der Waals surface area contributed by atoms with Gasteiger partial charge in [-0.1, -0.05) is 48.0 Å². The van der Waals surface area contributed by atoms with Crippen LogP contribution in [0.4, 0.5) is 0 Å². The number of esters is 1. The normalized spacial score (nSPS) is 11.0. The Morgan fingerprint density at radius 1 is 0.970 bits per heavy atom. The highest BCUT2D eigenvalue weighted by Crippen LogP contribution is 2.26. The van der Waals surface area contributed by atoms with Crippen molar-refractivity contribution in [2.45, 2.75) is 32.9 Å². The number of benzene rings is 3. The number of phenolic OH excluding ortho intramolecular Hbond substituents is 1. The van der Waals surface area contributed by atoms with E-state index >= 15 is 0 Å². The number of ether oxygens (including phenoxy) is 2. The van der Waals surface area contributed by atoms with Crippen molar-refractivity contribution in [1.29, 1.82) is 0 Å². The first kappa shape index (κ1) is 24.1. The lowest BCUT2D eigenvalue weighted by Crippen LogP contribution is -2.39. The predicted molar refractivity (Wildman–Crippen MR) is 128 cm³/mol. The maximum Gasteiger partial charge on any atom is 0.349 e. The Bertz CT molecular complexity index is 1120. The molecule has 0 aromatic heterocycles. The van der Waals surface area contributed by atoms with Crippen LogP contribution in [0.15, 0.2) is 66.7 Å². The molecule has 3 rings (SSSR count). The molecule has 0 heterocycles. The zero-order valence-corrected chi connectivity index (χ0v) is 19.5. The number of carbonyl (C=O) groups excluding carboxylic acids is 2. The molecule has 0 unspecified atom stereocenters. The molecule has 0 atom stereocenters. The fourth-order valence-electron chi connectivity index (χ4n) is 3.14. The van der Waals surface area contributed by atoms with Gasteiger partial charge in [-0.15, -0.1) is 0 Å². The Morgan fingerprint density at radius 3 is 2.18 bits per heavy atom. The molecule has 3 aromatic rings. The van der Waals surface area contributed by atoms with E-state index in [4.69, 9.17) is 21.1 Å². The summed E-state index contributed by atoms with van der Waals surface area (Å²) in [7, 11) is 0. The third kappa shape index (κ3) is 6.26. The minimum atomic E-state index is -1.08. The van der Waals surface area contributed by atoms with Crippen LogP contribution in [0.25, 0.3) is 11.1 Å². The second kappa shape index (κ2) is 10.4. The number of hydrogen-bond acceptors (Lipinski definition) is 5. The van der Waals surface area contributed by atoms with Gasteiger partial charge in [-0.25, -0.2) is 4.79 Å². The van der Waals surface area contributed by atoms with E-state index < -0.39 is 17.5 Å². The van der Waals surface area contributed by atoms with Gasteiger partial charge in [0.2, 0.25) is 0 Å². The maximum atomic E-state index is 12.3. The molecule has 0 saturated heterocycles. The number of rotatable bonds is 8. The molecule has 3 aromatic carbocycles. The molecule has 0 bridgehead atoms. The molecule has 0 radical (unpaired) electrons. The molecule has 0 aliphatic carbocycles. The molecule has 0 fully saturated rings. The number of aromatic hydroxyl groups is 1. The molecule has 33 heavy (non-hydrogen) atoms. The second-order valence-electron chi connectivity index (χ2n) is 7.90. The van der Waals surface area contributed by atoms with Gasteiger partial charge in [-0.3, -0.25) is 4.79 Å². The van der Waals surface area contributed by atoms with Crippen molar-refractivity contribution in [3.63, 3.8) is 0 Å². The van der Waals surface area contributed by atoms with Crippen LogP contribution < -0.4 is 10.1 Å². The van der Waals surface area contributed by atoms with Gasteiger partial charge in [0.05, 0.1) is 12.2 Å². The second-order valence-corrected chi connectivity index (χ2v) is 8.33. The Kier molecular flexibility index (Phi) is 7.61. The third-order valence-corrected chi connectivity index (χ3v) is 5.17. The van der Waals surface area contributed by atoms with Crippen LogP contribution in [-0.4, -0.2) is 29.2 Å². The van der Waals surface area contributed by atoms with Crippen molar-refractivity contribution < 1.29 is 24.2 Å². The molecule has 2 N–H and O–H groups in total. The Balaban J connectivity index is 1.61. The van der Waals surface area contributed by atoms with E-state index in [0.29, 0.717) is 23.9 Å². The highest BCUT2D eigenvalue weighted by atomic mass is 35.5. The first-order chi connectivity index (χ1) is 15.7. The Labute approximate surface area is 198 Å². The average molecular weight is 468 g/mol. The molecule has 0 aliphatic rings. The van der Waals surface area contributed by atoms with E-state index in [-0.39, 0.29) is 11.3 Å². The summed E-state index contributed by atoms with van der Waals surface area (Å²) in [6.07, 6.45) is 0. The van der Waals surface area contributed by atoms with Crippen LogP contribution >= 0.6 is 11.6 Å². The summed E-state index contributed by atoms with van der Waals surface area (Å²) in [5, 5.41) is 13.0. The van der Waals surface area contributed by atoms with E-state index in [1.807, 2.05) is 48.5 Å². The smallest absolute Gasteiger partial charge is 0.349 e. The first-order valence-electron chi connectivity index (χ1n) is 10.5. The summed E-state index contributed by atoms with van der Waals surface area (Å²) >= 11 is 5.90. The molecule has 172 valence electrons. The average Bonchev–Trinajstić information content (AvgIpc) is 2.80. The largest absolute Gasteiger partial charge is 0.507 e. The summed E-state index contributed by atoms with van der Waals surface area (Å²) in [5.41, 5.74) is 1.94. The van der Waals surface area contributed by atoms with Crippen LogP contribution in [0.2, 0.25) is 5.02 Å². The molecule has 0 saturated carbocycles. The zero-order valence-electron chi connectivity index (χ0n) is 18.7. The standard InChI is InChI=1S/C26H26ClNO5/c1-4-32-25(31)26(2,3)33-21-12-9-19(10-13-21)18-7-5-17(6-8-18)16-28-24(30)22-15-20(27)11-14-23(22)29/h5-15,29H,4,16H2,1-3H3,(H,28,30). The van der Waals surface area contributed by atoms with E-state index in [9.17, 15) is 14.7 Å². The summed E-state index contributed by atoms with van der Waals surface area (Å²) in [5.74, 6) is -0.367. The van der Waals surface area contributed by atoms with Gasteiger partial charge in [-0.05, 0) is 67.8 Å². The van der Waals surface area contributed by atoms with Gasteiger partial charge in [0.1, 0.15) is 11.5 Å². The SMILES string of the molecule is CCOC(=O)C(C)(C)Oc1ccc(-c2ccc(CNC(=O)c3cc(Cl)ccc3O)cc2)cc1. The van der Waals surface area contributed by atoms with Crippen LogP contribution in [-0.2, 0) is 16.1 Å². The number of halogens is 1. The quantitative estimate of drug-likeness (QED) is 0.435. The number of phenols is 1. The summed E-state index contributed by atoms with van der Waals surface area (Å²) in [4.78, 5) is 24.3. The highest BCUT2D eigenvalue weighted by Gasteiger charge is 2.31. The van der Waals surface area contributed by atoms with Crippen molar-refractivity contribution in [2.24, 2.45) is 0 Å². The maximum absolute atomic E-state index is 12.3. The zero-order chi connectivity index (χ0) is 24.0. The van der Waals surface area contributed by atoms with Crippen LogP contribution in [0, 0.1) is 0 Å². The number of carbonyl (C=O) groups is 2. The molecule has 1 amide bonds. The summed E-state index contributed by atoms with van der Waals surface area (Å²) < 4.78 is 10.8. The van der Waals surface area contributed by atoms with Gasteiger partial charge in [0.15, 0.2) is 5.60 Å². The lowest BCUT2D eigenvalue weighted by Gasteiger charge is -2.24. The summed E-state index contributed by atoms with van der Waals surface area (Å²) in [6, 6.07) is 19.5. The third-order valence-electron chi connectivity index (χ3n) is 4.94. The van der Waals surface area contributed by atoms with E-state index in [2.05, 4.69) is 5.32 Å². The minimum absolute atomic E-state index is 0.120. The highest BCUT2D eigenvalue weighted by molar-refractivity contribution is 6.31. The lowest BCUT2D eigenvalue weighted by atomic mass is 10.0. The van der Waals surface area contributed by atoms with Crippen LogP contribution in [0.5, 0.6) is 11.5 Å². The molecular formula is C26H26ClNO5. The molecule has 0 spiro atoms. The molecule has 7 heteroatoms. The Morgan fingerprint density at radius 2 is 1.58 bits per heavy atom. The lowest BCUT2D eigenvalue weighted by molar-refractivity contribution is -0.158. The predicted octanol–water partition coefficient (Wildman–Crippen LogP) is 5.36. The van der Waals surface area contributed by atoms with Gasteiger partial charge < -0.3 is 19.9 Å². The first-order valence-corrected chi connectivity index (χ1v) is 10.9. The van der Waals surface area contributed by atoms with Gasteiger partial charge in [0, 0.05) is 11.6 Å². The van der Waals surface area contributed by atoms with E-state index in [1.165, 1.54) is 18.2 Å². The van der Waals surface area contributed by atoms with Crippen LogP contribution in [0.3, 0.4) is 0 Å². The van der Waals surface area contributed by atoms with E-state index in [0.717, 1.165) is 16.7 Å². The van der Waals surface area contributed by atoms with Crippen molar-refractivity contribution in [2.75, 3.05) is 6.61 Å². The molecule has 6 nitrogen and oxygen atoms in total. The molecular weight excluding hydrogens is 442 g/mol. The van der Waals surface area contributed by atoms with Crippen molar-refractivity contribution in [1.82, 2.24) is 5.32 Å². The molecule has 0 aliphatic heterocycles. The number of nitrogens with one attached hydrogen (secondary N) is 1. The van der Waals surface area contributed by atoms with Crippen molar-refractivity contribution in [3.05, 3.63) is 82.9 Å². The monoisotopic (exact) mass is 467 g/mol. The topological polar surface area (TPSA) is 84.9 Å². The van der Waals surface area contributed by atoms with Crippen molar-refractivity contribution in [3.8, 4) is 22.6 Å². The fraction of sp³-hybridized carbons (Fsp3) is 0.231. The number of hydrogen-bond donors (Lipinski definition) is 2. The summed E-state index contributed by atoms with van der Waals surface area (Å²) in [6.45, 7) is 5.70. The van der Waals surface area contributed by atoms with Crippen LogP contribution in [0.1, 0.15) is 36.7 Å². The van der Waals surface area contributed by atoms with E-state index in [1.54, 1.807) is 20.8 Å². The van der Waals surface area contributed by atoms with Gasteiger partial charge >= 0.3 is 5.97 Å². The number of amides is 1. The van der Waals surface area contributed by atoms with Crippen molar-refractivity contribution >= 4 is 23.5 Å². The van der Waals surface area contributed by atoms with Gasteiger partial charge in [0.25, 0.3) is 5.91 Å². The Hall–Kier alpha value is -3.51.